The Morgan fingerprint density at radius 2 is 1.92 bits per heavy atom. The molecule has 0 unspecified atom stereocenters. The number of fused-ring (bicyclic) bond motifs is 1. The quantitative estimate of drug-likeness (QED) is 0.667. The predicted octanol–water partition coefficient (Wildman–Crippen LogP) is 0.266. The first kappa shape index (κ1) is 19.5. The molecule has 26 heavy (non-hydrogen) atoms. The number of nitrogens with one attached hydrogen (secondary N) is 1. The van der Waals surface area contributed by atoms with E-state index in [1.54, 1.807) is 17.0 Å². The molecule has 0 aliphatic carbocycles. The zero-order valence-corrected chi connectivity index (χ0v) is 15.2. The normalized spacial score (nSPS) is 14.0. The summed E-state index contributed by atoms with van der Waals surface area (Å²) in [5, 5.41) is 11.7. The van der Waals surface area contributed by atoms with Crippen LogP contribution in [-0.4, -0.2) is 69.8 Å². The van der Waals surface area contributed by atoms with Crippen LogP contribution in [0.1, 0.15) is 6.92 Å². The van der Waals surface area contributed by atoms with E-state index >= 15 is 0 Å². The lowest BCUT2D eigenvalue weighted by Gasteiger charge is -2.30. The van der Waals surface area contributed by atoms with Crippen LogP contribution in [0.5, 0.6) is 11.5 Å². The standard InChI is InChI=1S/C17H23N3O6/c1-10-7-20(8-16(22)19-12(9-21)17(23)26-4)13-6-15(25-3)14(24-2)5-11(13)18-10/h5-6,12,21H,7-9H2,1-4H3,(H,19,22)/t12-/m0/s1. The number of hydrogen-bond acceptors (Lipinski definition) is 8. The number of carbonyl (C=O) groups is 2. The van der Waals surface area contributed by atoms with Gasteiger partial charge in [0.1, 0.15) is 0 Å². The molecular weight excluding hydrogens is 342 g/mol. The van der Waals surface area contributed by atoms with E-state index in [9.17, 15) is 14.7 Å². The van der Waals surface area contributed by atoms with Crippen molar-refractivity contribution in [1.82, 2.24) is 5.32 Å². The maximum absolute atomic E-state index is 12.3. The largest absolute Gasteiger partial charge is 0.493 e. The summed E-state index contributed by atoms with van der Waals surface area (Å²) < 4.78 is 15.2. The Balaban J connectivity index is 2.22. The monoisotopic (exact) mass is 365 g/mol. The zero-order valence-electron chi connectivity index (χ0n) is 15.2. The number of rotatable bonds is 7. The number of methoxy groups -OCH3 is 3. The molecule has 0 spiro atoms. The van der Waals surface area contributed by atoms with Crippen molar-refractivity contribution in [2.24, 2.45) is 4.99 Å². The molecule has 0 bridgehead atoms. The fourth-order valence-corrected chi connectivity index (χ4v) is 2.68. The molecule has 0 saturated carbocycles. The van der Waals surface area contributed by atoms with Crippen LogP contribution in [0.2, 0.25) is 0 Å². The highest BCUT2D eigenvalue weighted by Crippen LogP contribution is 2.41. The number of esters is 1. The first-order valence-corrected chi connectivity index (χ1v) is 7.96. The second-order valence-corrected chi connectivity index (χ2v) is 5.72. The van der Waals surface area contributed by atoms with Gasteiger partial charge < -0.3 is 29.5 Å². The third-order valence-corrected chi connectivity index (χ3v) is 3.89. The third kappa shape index (κ3) is 4.23. The molecule has 1 aliphatic rings. The van der Waals surface area contributed by atoms with Gasteiger partial charge in [-0.15, -0.1) is 0 Å². The number of benzene rings is 1. The number of hydrogen-bond donors (Lipinski definition) is 2. The molecule has 1 aromatic rings. The molecule has 9 heteroatoms. The minimum Gasteiger partial charge on any atom is -0.493 e. The fourth-order valence-electron chi connectivity index (χ4n) is 2.68. The topological polar surface area (TPSA) is 110 Å². The van der Waals surface area contributed by atoms with Crippen molar-refractivity contribution in [2.45, 2.75) is 13.0 Å². The van der Waals surface area contributed by atoms with Crippen LogP contribution in [0.15, 0.2) is 17.1 Å². The lowest BCUT2D eigenvalue weighted by Crippen LogP contribution is -2.48. The van der Waals surface area contributed by atoms with Crippen molar-refractivity contribution in [3.63, 3.8) is 0 Å². The number of aliphatic hydroxyl groups is 1. The maximum Gasteiger partial charge on any atom is 0.330 e. The Morgan fingerprint density at radius 3 is 2.50 bits per heavy atom. The van der Waals surface area contributed by atoms with Gasteiger partial charge in [0.25, 0.3) is 0 Å². The summed E-state index contributed by atoms with van der Waals surface area (Å²) in [7, 11) is 4.26. The minimum absolute atomic E-state index is 0.0250. The molecule has 142 valence electrons. The molecule has 0 aromatic heterocycles. The van der Waals surface area contributed by atoms with Gasteiger partial charge in [-0.25, -0.2) is 4.79 Å². The van der Waals surface area contributed by atoms with E-state index in [1.165, 1.54) is 21.3 Å². The highest BCUT2D eigenvalue weighted by Gasteiger charge is 2.25. The van der Waals surface area contributed by atoms with Gasteiger partial charge in [-0.2, -0.15) is 0 Å². The number of carbonyl (C=O) groups excluding carboxylic acids is 2. The van der Waals surface area contributed by atoms with E-state index < -0.39 is 24.5 Å². The maximum atomic E-state index is 12.3. The Labute approximate surface area is 151 Å². The molecule has 1 atom stereocenters. The second-order valence-electron chi connectivity index (χ2n) is 5.72. The van der Waals surface area contributed by atoms with Crippen molar-refractivity contribution < 1.29 is 28.9 Å². The van der Waals surface area contributed by atoms with Crippen LogP contribution in [0.25, 0.3) is 0 Å². The molecule has 1 amide bonds. The summed E-state index contributed by atoms with van der Waals surface area (Å²) in [5.74, 6) is -0.0664. The van der Waals surface area contributed by atoms with E-state index in [-0.39, 0.29) is 6.54 Å². The lowest BCUT2D eigenvalue weighted by molar-refractivity contribution is -0.146. The molecule has 1 aliphatic heterocycles. The smallest absolute Gasteiger partial charge is 0.330 e. The van der Waals surface area contributed by atoms with Crippen molar-refractivity contribution in [3.8, 4) is 11.5 Å². The Morgan fingerprint density at radius 1 is 1.27 bits per heavy atom. The van der Waals surface area contributed by atoms with Gasteiger partial charge in [0.15, 0.2) is 17.5 Å². The summed E-state index contributed by atoms with van der Waals surface area (Å²) in [6.45, 7) is 1.73. The number of aliphatic imine (C=N–C) groups is 1. The van der Waals surface area contributed by atoms with Crippen LogP contribution in [-0.2, 0) is 14.3 Å². The molecule has 1 aromatic carbocycles. The molecule has 2 rings (SSSR count). The van der Waals surface area contributed by atoms with E-state index in [4.69, 9.17) is 9.47 Å². The number of aliphatic hydroxyl groups excluding tert-OH is 1. The molecular formula is C17H23N3O6. The average Bonchev–Trinajstić information content (AvgIpc) is 2.64. The molecule has 0 saturated heterocycles. The number of ether oxygens (including phenoxy) is 3. The van der Waals surface area contributed by atoms with Crippen molar-refractivity contribution in [1.29, 1.82) is 0 Å². The molecule has 9 nitrogen and oxygen atoms in total. The average molecular weight is 365 g/mol. The van der Waals surface area contributed by atoms with E-state index in [0.717, 1.165) is 5.71 Å². The van der Waals surface area contributed by atoms with E-state index in [1.807, 2.05) is 6.92 Å². The molecule has 0 radical (unpaired) electrons. The molecule has 1 heterocycles. The van der Waals surface area contributed by atoms with Gasteiger partial charge in [0.2, 0.25) is 5.91 Å². The minimum atomic E-state index is -1.10. The summed E-state index contributed by atoms with van der Waals surface area (Å²) in [6, 6.07) is 2.39. The van der Waals surface area contributed by atoms with Gasteiger partial charge in [0, 0.05) is 17.8 Å². The summed E-state index contributed by atoms with van der Waals surface area (Å²) in [5.41, 5.74) is 2.19. The van der Waals surface area contributed by atoms with Gasteiger partial charge in [-0.05, 0) is 6.92 Å². The molecule has 2 N–H and O–H groups in total. The van der Waals surface area contributed by atoms with E-state index in [2.05, 4.69) is 15.0 Å². The van der Waals surface area contributed by atoms with Crippen molar-refractivity contribution in [3.05, 3.63) is 12.1 Å². The van der Waals surface area contributed by atoms with Gasteiger partial charge in [-0.1, -0.05) is 0 Å². The van der Waals surface area contributed by atoms with Crippen LogP contribution >= 0.6 is 0 Å². The van der Waals surface area contributed by atoms with Crippen LogP contribution in [0.3, 0.4) is 0 Å². The number of nitrogens with zero attached hydrogens (tertiary/aromatic N) is 2. The SMILES string of the molecule is COC(=O)[C@H](CO)NC(=O)CN1CC(C)=Nc2cc(OC)c(OC)cc21. The second kappa shape index (κ2) is 8.52. The first-order chi connectivity index (χ1) is 12.4. The lowest BCUT2D eigenvalue weighted by atomic mass is 10.1. The predicted molar refractivity (Wildman–Crippen MR) is 95.6 cm³/mol. The molecule has 0 fully saturated rings. The van der Waals surface area contributed by atoms with Gasteiger partial charge >= 0.3 is 5.97 Å². The van der Waals surface area contributed by atoms with Gasteiger partial charge in [0.05, 0.1) is 52.4 Å². The Kier molecular flexibility index (Phi) is 6.40. The summed E-state index contributed by atoms with van der Waals surface area (Å²) in [6.07, 6.45) is 0. The summed E-state index contributed by atoms with van der Waals surface area (Å²) in [4.78, 5) is 30.1. The Hall–Kier alpha value is -2.81. The number of anilines is 1. The van der Waals surface area contributed by atoms with E-state index in [0.29, 0.717) is 29.4 Å². The van der Waals surface area contributed by atoms with Crippen molar-refractivity contribution >= 4 is 29.0 Å². The highest BCUT2D eigenvalue weighted by molar-refractivity contribution is 5.97. The van der Waals surface area contributed by atoms with Crippen LogP contribution in [0.4, 0.5) is 11.4 Å². The zero-order chi connectivity index (χ0) is 19.3. The highest BCUT2D eigenvalue weighted by atomic mass is 16.5. The Bertz CT molecular complexity index is 719. The third-order valence-electron chi connectivity index (χ3n) is 3.89. The van der Waals surface area contributed by atoms with Crippen LogP contribution < -0.4 is 19.7 Å². The van der Waals surface area contributed by atoms with Crippen molar-refractivity contribution in [2.75, 3.05) is 45.9 Å². The fraction of sp³-hybridized carbons (Fsp3) is 0.471. The van der Waals surface area contributed by atoms with Gasteiger partial charge in [-0.3, -0.25) is 9.79 Å². The summed E-state index contributed by atoms with van der Waals surface area (Å²) >= 11 is 0. The number of amides is 1. The first-order valence-electron chi connectivity index (χ1n) is 7.96. The van der Waals surface area contributed by atoms with Crippen LogP contribution in [0, 0.1) is 0 Å².